The summed E-state index contributed by atoms with van der Waals surface area (Å²) in [6.07, 6.45) is 2.19. The van der Waals surface area contributed by atoms with Gasteiger partial charge in [0.1, 0.15) is 0 Å². The van der Waals surface area contributed by atoms with E-state index >= 15 is 0 Å². The Balaban J connectivity index is 0.00000256. The molecule has 0 atom stereocenters. The lowest BCUT2D eigenvalue weighted by Crippen LogP contribution is -2.39. The van der Waals surface area contributed by atoms with Crippen LogP contribution in [0.4, 0.5) is 5.13 Å². The van der Waals surface area contributed by atoms with Crippen LogP contribution < -0.4 is 4.90 Å². The van der Waals surface area contributed by atoms with Crippen LogP contribution in [0.1, 0.15) is 18.4 Å². The minimum atomic E-state index is 0. The predicted molar refractivity (Wildman–Crippen MR) is 126 cm³/mol. The Bertz CT molecular complexity index is 895. The minimum absolute atomic E-state index is 0. The molecule has 1 fully saturated rings. The van der Waals surface area contributed by atoms with Gasteiger partial charge in [0.05, 0.1) is 23.4 Å². The molecule has 1 amide bonds. The maximum atomic E-state index is 13.1. The lowest BCUT2D eigenvalue weighted by Gasteiger charge is -2.27. The number of halogens is 1. The summed E-state index contributed by atoms with van der Waals surface area (Å²) in [5, 5.41) is 0.811. The Morgan fingerprint density at radius 1 is 1.07 bits per heavy atom. The summed E-state index contributed by atoms with van der Waals surface area (Å²) in [4.78, 5) is 22.2. The monoisotopic (exact) mass is 445 g/mol. The SMILES string of the molecule is Cl.O=C(CCc1ccccc1)N(CCCN1CCOCC1)c1nc2ccccc2s1. The number of carbonyl (C=O) groups is 1. The zero-order valence-electron chi connectivity index (χ0n) is 17.0. The van der Waals surface area contributed by atoms with Gasteiger partial charge in [0, 0.05) is 32.6 Å². The molecule has 7 heteroatoms. The van der Waals surface area contributed by atoms with Gasteiger partial charge in [-0.05, 0) is 30.5 Å². The molecular weight excluding hydrogens is 418 g/mol. The molecule has 1 aromatic heterocycles. The van der Waals surface area contributed by atoms with E-state index in [-0.39, 0.29) is 18.3 Å². The quantitative estimate of drug-likeness (QED) is 0.515. The Morgan fingerprint density at radius 3 is 2.57 bits per heavy atom. The molecule has 2 heterocycles. The van der Waals surface area contributed by atoms with E-state index < -0.39 is 0 Å². The van der Waals surface area contributed by atoms with Gasteiger partial charge in [-0.3, -0.25) is 14.6 Å². The summed E-state index contributed by atoms with van der Waals surface area (Å²) in [7, 11) is 0. The molecule has 4 rings (SSSR count). The number of hydrogen-bond donors (Lipinski definition) is 0. The van der Waals surface area contributed by atoms with Gasteiger partial charge >= 0.3 is 0 Å². The van der Waals surface area contributed by atoms with Gasteiger partial charge in [-0.1, -0.05) is 53.8 Å². The van der Waals surface area contributed by atoms with E-state index in [2.05, 4.69) is 23.1 Å². The fraction of sp³-hybridized carbons (Fsp3) is 0.391. The summed E-state index contributed by atoms with van der Waals surface area (Å²) in [5.41, 5.74) is 2.15. The molecule has 0 saturated carbocycles. The van der Waals surface area contributed by atoms with Crippen molar-refractivity contribution in [2.45, 2.75) is 19.3 Å². The van der Waals surface area contributed by atoms with Crippen LogP contribution >= 0.6 is 23.7 Å². The van der Waals surface area contributed by atoms with Crippen molar-refractivity contribution in [2.24, 2.45) is 0 Å². The topological polar surface area (TPSA) is 45.7 Å². The molecule has 0 N–H and O–H groups in total. The lowest BCUT2D eigenvalue weighted by atomic mass is 10.1. The molecule has 1 aliphatic rings. The number of anilines is 1. The second-order valence-electron chi connectivity index (χ2n) is 7.30. The van der Waals surface area contributed by atoms with Crippen molar-refractivity contribution in [3.63, 3.8) is 0 Å². The highest BCUT2D eigenvalue weighted by atomic mass is 35.5. The number of fused-ring (bicyclic) bond motifs is 1. The van der Waals surface area contributed by atoms with Crippen LogP contribution in [0.5, 0.6) is 0 Å². The number of ether oxygens (including phenoxy) is 1. The fourth-order valence-corrected chi connectivity index (χ4v) is 4.62. The van der Waals surface area contributed by atoms with Crippen LogP contribution in [0, 0.1) is 0 Å². The smallest absolute Gasteiger partial charge is 0.229 e. The third kappa shape index (κ3) is 6.01. The first-order valence-corrected chi connectivity index (χ1v) is 11.1. The highest BCUT2D eigenvalue weighted by Gasteiger charge is 2.20. The summed E-state index contributed by atoms with van der Waals surface area (Å²) in [5.74, 6) is 0.148. The van der Waals surface area contributed by atoms with Gasteiger partial charge in [0.25, 0.3) is 0 Å². The lowest BCUT2D eigenvalue weighted by molar-refractivity contribution is -0.118. The Morgan fingerprint density at radius 2 is 1.80 bits per heavy atom. The van der Waals surface area contributed by atoms with Crippen LogP contribution in [0.15, 0.2) is 54.6 Å². The maximum absolute atomic E-state index is 13.1. The number of para-hydroxylation sites is 1. The Labute approximate surface area is 188 Å². The highest BCUT2D eigenvalue weighted by molar-refractivity contribution is 7.22. The fourth-order valence-electron chi connectivity index (χ4n) is 3.61. The van der Waals surface area contributed by atoms with Crippen molar-refractivity contribution >= 4 is 45.0 Å². The van der Waals surface area contributed by atoms with Crippen molar-refractivity contribution < 1.29 is 9.53 Å². The van der Waals surface area contributed by atoms with Crippen molar-refractivity contribution in [3.8, 4) is 0 Å². The number of nitrogens with zero attached hydrogens (tertiary/aromatic N) is 3. The molecule has 30 heavy (non-hydrogen) atoms. The van der Waals surface area contributed by atoms with Gasteiger partial charge in [-0.2, -0.15) is 0 Å². The van der Waals surface area contributed by atoms with Crippen LogP contribution in [-0.4, -0.2) is 55.2 Å². The van der Waals surface area contributed by atoms with E-state index in [1.807, 2.05) is 41.3 Å². The summed E-state index contributed by atoms with van der Waals surface area (Å²) in [6.45, 7) is 5.24. The number of aromatic nitrogens is 1. The standard InChI is InChI=1S/C23H27N3O2S.ClH/c27-22(12-11-19-7-2-1-3-8-19)26(14-6-13-25-15-17-28-18-16-25)23-24-20-9-4-5-10-21(20)29-23;/h1-5,7-10H,6,11-18H2;1H. The Hall–Kier alpha value is -1.99. The van der Waals surface area contributed by atoms with Crippen molar-refractivity contribution in [1.29, 1.82) is 0 Å². The second-order valence-corrected chi connectivity index (χ2v) is 8.31. The maximum Gasteiger partial charge on any atom is 0.229 e. The third-order valence-electron chi connectivity index (χ3n) is 5.24. The van der Waals surface area contributed by atoms with Gasteiger partial charge < -0.3 is 4.74 Å². The highest BCUT2D eigenvalue weighted by Crippen LogP contribution is 2.29. The number of carbonyl (C=O) groups excluding carboxylic acids is 1. The number of morpholine rings is 1. The molecule has 160 valence electrons. The van der Waals surface area contributed by atoms with E-state index in [4.69, 9.17) is 9.72 Å². The first kappa shape index (κ1) is 22.7. The first-order chi connectivity index (χ1) is 14.3. The van der Waals surface area contributed by atoms with Gasteiger partial charge in [-0.15, -0.1) is 12.4 Å². The van der Waals surface area contributed by atoms with Gasteiger partial charge in [0.2, 0.25) is 5.91 Å². The third-order valence-corrected chi connectivity index (χ3v) is 6.30. The van der Waals surface area contributed by atoms with E-state index in [1.165, 1.54) is 5.56 Å². The predicted octanol–water partition coefficient (Wildman–Crippen LogP) is 4.41. The van der Waals surface area contributed by atoms with Crippen LogP contribution in [0.2, 0.25) is 0 Å². The number of rotatable bonds is 8. The minimum Gasteiger partial charge on any atom is -0.379 e. The molecule has 3 aromatic rings. The molecule has 1 saturated heterocycles. The normalized spacial score (nSPS) is 14.4. The zero-order valence-corrected chi connectivity index (χ0v) is 18.7. The first-order valence-electron chi connectivity index (χ1n) is 10.3. The summed E-state index contributed by atoms with van der Waals surface area (Å²) < 4.78 is 6.55. The summed E-state index contributed by atoms with van der Waals surface area (Å²) in [6, 6.07) is 18.3. The molecule has 1 aliphatic heterocycles. The van der Waals surface area contributed by atoms with Gasteiger partial charge in [0.15, 0.2) is 5.13 Å². The van der Waals surface area contributed by atoms with E-state index in [1.54, 1.807) is 11.3 Å². The number of amides is 1. The van der Waals surface area contributed by atoms with Crippen molar-refractivity contribution in [3.05, 3.63) is 60.2 Å². The Kier molecular flexibility index (Phi) is 8.63. The molecule has 0 spiro atoms. The second kappa shape index (κ2) is 11.4. The zero-order chi connectivity index (χ0) is 19.9. The van der Waals surface area contributed by atoms with Crippen LogP contribution in [0.25, 0.3) is 10.2 Å². The largest absolute Gasteiger partial charge is 0.379 e. The van der Waals surface area contributed by atoms with Gasteiger partial charge in [-0.25, -0.2) is 4.98 Å². The molecule has 0 unspecified atom stereocenters. The molecule has 0 radical (unpaired) electrons. The molecule has 0 bridgehead atoms. The average Bonchev–Trinajstić information content (AvgIpc) is 3.20. The van der Waals surface area contributed by atoms with E-state index in [0.29, 0.717) is 13.0 Å². The molecule has 2 aromatic carbocycles. The van der Waals surface area contributed by atoms with Crippen molar-refractivity contribution in [2.75, 3.05) is 44.3 Å². The molecular formula is C23H28ClN3O2S. The molecule has 0 aliphatic carbocycles. The number of hydrogen-bond acceptors (Lipinski definition) is 5. The number of aryl methyl sites for hydroxylation is 1. The number of benzene rings is 2. The molecule has 5 nitrogen and oxygen atoms in total. The summed E-state index contributed by atoms with van der Waals surface area (Å²) >= 11 is 1.60. The van der Waals surface area contributed by atoms with Crippen LogP contribution in [0.3, 0.4) is 0 Å². The van der Waals surface area contributed by atoms with E-state index in [9.17, 15) is 4.79 Å². The van der Waals surface area contributed by atoms with Crippen LogP contribution in [-0.2, 0) is 16.0 Å². The van der Waals surface area contributed by atoms with E-state index in [0.717, 1.165) is 61.0 Å². The van der Waals surface area contributed by atoms with Crippen molar-refractivity contribution in [1.82, 2.24) is 9.88 Å². The average molecular weight is 446 g/mol. The number of thiazole rings is 1.